The van der Waals surface area contributed by atoms with Gasteiger partial charge in [-0.2, -0.15) is 0 Å². The largest absolute Gasteiger partial charge is 0.508 e. The lowest BCUT2D eigenvalue weighted by Gasteiger charge is -2.59. The highest BCUT2D eigenvalue weighted by Crippen LogP contribution is 2.67. The Morgan fingerprint density at radius 1 is 0.869 bits per heavy atom. The number of aliphatic hydroxyl groups excluding tert-OH is 5. The summed E-state index contributed by atoms with van der Waals surface area (Å²) in [5, 5.41) is 66.9. The Morgan fingerprint density at radius 2 is 1.54 bits per heavy atom. The van der Waals surface area contributed by atoms with E-state index in [2.05, 4.69) is 0 Å². The van der Waals surface area contributed by atoms with Crippen LogP contribution in [0.15, 0.2) is 23.8 Å². The van der Waals surface area contributed by atoms with Crippen molar-refractivity contribution < 1.29 is 73.4 Å². The van der Waals surface area contributed by atoms with E-state index in [4.69, 9.17) is 57.1 Å². The number of ketones is 2. The predicted molar refractivity (Wildman–Crippen MR) is 211 cm³/mol. The van der Waals surface area contributed by atoms with Gasteiger partial charge in [-0.25, -0.2) is 4.79 Å². The van der Waals surface area contributed by atoms with E-state index in [0.717, 1.165) is 18.4 Å². The van der Waals surface area contributed by atoms with E-state index >= 15 is 0 Å². The van der Waals surface area contributed by atoms with Crippen molar-refractivity contribution in [2.24, 2.45) is 57.3 Å². The Kier molecular flexibility index (Phi) is 13.6. The first-order chi connectivity index (χ1) is 28.7. The van der Waals surface area contributed by atoms with Gasteiger partial charge in [-0.15, -0.1) is 0 Å². The molecule has 7 rings (SSSR count). The van der Waals surface area contributed by atoms with Crippen molar-refractivity contribution in [3.05, 3.63) is 30.2 Å². The quantitative estimate of drug-likeness (QED) is 0.0904. The number of allylic oxidation sites excluding steroid dienone is 4. The van der Waals surface area contributed by atoms with Gasteiger partial charge in [-0.05, 0) is 68.9 Å². The molecular weight excluding hydrogens is 802 g/mol. The highest BCUT2D eigenvalue weighted by atomic mass is 16.7. The van der Waals surface area contributed by atoms with Crippen LogP contribution in [0.1, 0.15) is 58.8 Å². The molecule has 16 N–H and O–H groups in total. The Morgan fingerprint density at radius 3 is 2.23 bits per heavy atom. The first kappa shape index (κ1) is 46.5. The zero-order valence-electron chi connectivity index (χ0n) is 34.5. The number of ether oxygens (including phenoxy) is 6. The minimum Gasteiger partial charge on any atom is -0.433 e. The van der Waals surface area contributed by atoms with E-state index in [9.17, 15) is 45.0 Å². The van der Waals surface area contributed by atoms with Crippen LogP contribution in [0, 0.1) is 35.0 Å². The third-order valence-corrected chi connectivity index (χ3v) is 15.1. The Bertz CT molecular complexity index is 1710. The topological polar surface area (TPSA) is 358 Å². The fraction of sp³-hybridized carbons (Fsp3) is 0.805. The molecule has 2 saturated heterocycles. The third-order valence-electron chi connectivity index (χ3n) is 15.1. The van der Waals surface area contributed by atoms with Crippen molar-refractivity contribution in [1.82, 2.24) is 0 Å². The van der Waals surface area contributed by atoms with Crippen LogP contribution in [0.2, 0.25) is 0 Å². The zero-order valence-corrected chi connectivity index (χ0v) is 34.5. The minimum absolute atomic E-state index is 0.00485. The molecule has 20 nitrogen and oxygen atoms in total. The van der Waals surface area contributed by atoms with E-state index in [1.807, 2.05) is 19.9 Å². The lowest BCUT2D eigenvalue weighted by atomic mass is 9.46. The highest BCUT2D eigenvalue weighted by Gasteiger charge is 2.68. The van der Waals surface area contributed by atoms with Gasteiger partial charge in [-0.1, -0.05) is 25.5 Å². The van der Waals surface area contributed by atoms with Crippen LogP contribution in [-0.4, -0.2) is 165 Å². The lowest BCUT2D eigenvalue weighted by molar-refractivity contribution is -0.315. The summed E-state index contributed by atoms with van der Waals surface area (Å²) in [6.07, 6.45) is -6.09. The van der Waals surface area contributed by atoms with Gasteiger partial charge in [0, 0.05) is 35.4 Å². The number of hydrogen-bond acceptors (Lipinski definition) is 20. The van der Waals surface area contributed by atoms with E-state index in [1.54, 1.807) is 12.2 Å². The number of carbonyl (C=O) groups is 3. The smallest absolute Gasteiger partial charge is 0.433 e. The Balaban J connectivity index is 0.911. The SMILES string of the molecule is C[C@]12C=CC(=O)C=C1CCC1C2[C@@H](O)C[C@@]2(C)C1CC[C@]2(O)C(=O)[CH]COC(=O)OC[C@H]1O[C@H](O[C@@H]2[C@@H](O)[C@H](O[C@H]3O[C@H](CN)[C@@H](O)C[C@H]3N)[C@@H](N)C[C@H]2N)[C@H](O)[C@@H](N)[C@@H]1O. The second-order valence-corrected chi connectivity index (χ2v) is 18.7. The maximum atomic E-state index is 13.7. The van der Waals surface area contributed by atoms with Crippen molar-refractivity contribution in [3.8, 4) is 0 Å². The second-order valence-electron chi connectivity index (χ2n) is 18.7. The number of aliphatic hydroxyl groups is 6. The summed E-state index contributed by atoms with van der Waals surface area (Å²) < 4.78 is 33.8. The molecule has 0 amide bonds. The van der Waals surface area contributed by atoms with E-state index < -0.39 is 133 Å². The fourth-order valence-corrected chi connectivity index (χ4v) is 11.7. The second kappa shape index (κ2) is 17.8. The molecule has 0 bridgehead atoms. The van der Waals surface area contributed by atoms with Crippen LogP contribution in [0.3, 0.4) is 0 Å². The van der Waals surface area contributed by atoms with Gasteiger partial charge in [0.15, 0.2) is 24.1 Å². The van der Waals surface area contributed by atoms with Crippen molar-refractivity contribution in [3.63, 3.8) is 0 Å². The van der Waals surface area contributed by atoms with Gasteiger partial charge in [-0.3, -0.25) is 9.59 Å². The molecule has 0 spiro atoms. The molecule has 0 aromatic rings. The first-order valence-corrected chi connectivity index (χ1v) is 21.3. The van der Waals surface area contributed by atoms with Crippen molar-refractivity contribution in [2.75, 3.05) is 19.8 Å². The molecule has 5 aliphatic carbocycles. The van der Waals surface area contributed by atoms with Crippen molar-refractivity contribution in [2.45, 2.75) is 156 Å². The lowest BCUT2D eigenvalue weighted by Crippen LogP contribution is -2.68. The van der Waals surface area contributed by atoms with E-state index in [-0.39, 0.29) is 55.8 Å². The molecule has 1 radical (unpaired) electrons. The monoisotopic (exact) mass is 866 g/mol. The zero-order chi connectivity index (χ0) is 44.3. The van der Waals surface area contributed by atoms with Crippen LogP contribution < -0.4 is 28.7 Å². The van der Waals surface area contributed by atoms with Crippen LogP contribution in [0.5, 0.6) is 0 Å². The molecule has 21 atom stereocenters. The molecule has 61 heavy (non-hydrogen) atoms. The fourth-order valence-electron chi connectivity index (χ4n) is 11.7. The van der Waals surface area contributed by atoms with Crippen molar-refractivity contribution >= 4 is 17.7 Å². The van der Waals surface area contributed by atoms with Gasteiger partial charge < -0.3 is 87.7 Å². The summed E-state index contributed by atoms with van der Waals surface area (Å²) in [6.45, 7) is 2.70. The number of hydrogen-bond donors (Lipinski definition) is 11. The van der Waals surface area contributed by atoms with Gasteiger partial charge in [0.2, 0.25) is 0 Å². The maximum Gasteiger partial charge on any atom is 0.508 e. The molecule has 343 valence electrons. The third kappa shape index (κ3) is 8.36. The summed E-state index contributed by atoms with van der Waals surface area (Å²) in [5.41, 5.74) is 28.3. The molecule has 2 aliphatic heterocycles. The maximum absolute atomic E-state index is 13.7. The van der Waals surface area contributed by atoms with Gasteiger partial charge in [0.1, 0.15) is 55.4 Å². The van der Waals surface area contributed by atoms with Crippen LogP contribution in [-0.2, 0) is 38.0 Å². The number of Topliss-reactive ketones (excluding diaryl/α,β-unsaturated/α-hetero) is 1. The van der Waals surface area contributed by atoms with E-state index in [0.29, 0.717) is 12.8 Å². The number of fused-ring (bicyclic) bond motifs is 5. The van der Waals surface area contributed by atoms with Crippen LogP contribution in [0.25, 0.3) is 0 Å². The molecule has 4 saturated carbocycles. The van der Waals surface area contributed by atoms with Crippen LogP contribution in [0.4, 0.5) is 4.79 Å². The van der Waals surface area contributed by atoms with Gasteiger partial charge in [0.25, 0.3) is 0 Å². The summed E-state index contributed by atoms with van der Waals surface area (Å²) in [7, 11) is 0. The number of rotatable bonds is 11. The summed E-state index contributed by atoms with van der Waals surface area (Å²) in [4.78, 5) is 38.6. The molecule has 3 unspecified atom stereocenters. The predicted octanol–water partition coefficient (Wildman–Crippen LogP) is -3.35. The average Bonchev–Trinajstić information content (AvgIpc) is 3.48. The van der Waals surface area contributed by atoms with Crippen LogP contribution >= 0.6 is 0 Å². The molecule has 20 heteroatoms. The van der Waals surface area contributed by atoms with Crippen molar-refractivity contribution in [1.29, 1.82) is 0 Å². The summed E-state index contributed by atoms with van der Waals surface area (Å²) in [5.74, 6) is -0.944. The number of carbonyl (C=O) groups excluding carboxylic acids is 3. The Hall–Kier alpha value is -2.51. The minimum atomic E-state index is -1.82. The Labute approximate surface area is 354 Å². The van der Waals surface area contributed by atoms with Gasteiger partial charge in [0.05, 0.1) is 36.8 Å². The number of nitrogens with two attached hydrogens (primary N) is 5. The highest BCUT2D eigenvalue weighted by molar-refractivity contribution is 6.01. The average molecular weight is 867 g/mol. The first-order valence-electron chi connectivity index (χ1n) is 21.3. The molecule has 6 fully saturated rings. The molecule has 0 aromatic carbocycles. The summed E-state index contributed by atoms with van der Waals surface area (Å²) >= 11 is 0. The normalized spacial score (nSPS) is 49.6. The molecular formula is C41H64N5O15. The molecule has 7 aliphatic rings. The standard InChI is InChI=1S/C41H64N5O15/c1-39-8-5-18(47)11-17(39)3-4-19-20-6-9-41(55,40(20,2)14-25(49)29(19)39)28(50)7-10-56-38(54)57-16-27-31(51)30(46)32(52)37(59-27)61-35-22(44)12-21(43)34(33(35)53)60-36-23(45)13-24(48)26(15-42)58-36/h5,7-8,11,19-27,29-37,48-49,51-53,55H,3-4,6,9-10,12-16,42-46H2,1-2H3/t19?,20?,21-,22+,23+,24-,25-,26+,27+,29?,30-,31+,32+,33-,34+,35-,36+,37+,39-,40-,41-/m0/s1. The summed E-state index contributed by atoms with van der Waals surface area (Å²) in [6, 6.07) is -3.81. The molecule has 2 heterocycles. The van der Waals surface area contributed by atoms with Gasteiger partial charge >= 0.3 is 6.16 Å². The van der Waals surface area contributed by atoms with E-state index in [1.165, 1.54) is 0 Å². The molecule has 0 aromatic heterocycles.